The zero-order valence-corrected chi connectivity index (χ0v) is 10.8. The zero-order valence-electron chi connectivity index (χ0n) is 10.8. The van der Waals surface area contributed by atoms with Crippen LogP contribution < -0.4 is 10.6 Å². The molecule has 4 heteroatoms. The lowest BCUT2D eigenvalue weighted by atomic mass is 9.87. The minimum atomic E-state index is 0.0949. The van der Waals surface area contributed by atoms with Gasteiger partial charge in [-0.2, -0.15) is 0 Å². The maximum atomic E-state index is 11.7. The third kappa shape index (κ3) is 4.00. The Hall–Kier alpha value is -0.770. The van der Waals surface area contributed by atoms with Crippen LogP contribution in [0, 0.1) is 11.8 Å². The van der Waals surface area contributed by atoms with Gasteiger partial charge in [-0.3, -0.25) is 0 Å². The Kier molecular flexibility index (Phi) is 5.60. The smallest absolute Gasteiger partial charge is 0.317 e. The van der Waals surface area contributed by atoms with Crippen molar-refractivity contribution in [1.82, 2.24) is 15.5 Å². The van der Waals surface area contributed by atoms with Crippen molar-refractivity contribution in [2.45, 2.75) is 26.7 Å². The number of carbonyl (C=O) groups excluding carboxylic acids is 1. The molecule has 0 saturated carbocycles. The first-order valence-corrected chi connectivity index (χ1v) is 6.32. The topological polar surface area (TPSA) is 44.4 Å². The molecule has 2 amide bonds. The van der Waals surface area contributed by atoms with Gasteiger partial charge in [-0.25, -0.2) is 4.79 Å². The number of carbonyl (C=O) groups is 1. The van der Waals surface area contributed by atoms with Gasteiger partial charge in [0.15, 0.2) is 0 Å². The van der Waals surface area contributed by atoms with Crippen molar-refractivity contribution in [2.75, 3.05) is 33.2 Å². The van der Waals surface area contributed by atoms with Gasteiger partial charge in [0.05, 0.1) is 0 Å². The van der Waals surface area contributed by atoms with E-state index in [4.69, 9.17) is 0 Å². The second kappa shape index (κ2) is 6.74. The van der Waals surface area contributed by atoms with E-state index in [0.29, 0.717) is 6.54 Å². The number of urea groups is 1. The van der Waals surface area contributed by atoms with Gasteiger partial charge < -0.3 is 15.5 Å². The summed E-state index contributed by atoms with van der Waals surface area (Å²) in [5.74, 6) is 1.54. The molecule has 0 unspecified atom stereocenters. The zero-order chi connectivity index (χ0) is 12.0. The molecule has 0 aromatic carbocycles. The quantitative estimate of drug-likeness (QED) is 0.711. The molecular formula is C12H25N3O. The molecule has 0 aromatic rings. The minimum Gasteiger partial charge on any atom is -0.337 e. The Morgan fingerprint density at radius 2 is 1.94 bits per heavy atom. The molecule has 1 rings (SSSR count). The highest BCUT2D eigenvalue weighted by molar-refractivity contribution is 5.74. The number of likely N-dealkylation sites (N-methyl/N-ethyl adjacent to an activating group) is 1. The van der Waals surface area contributed by atoms with Crippen LogP contribution >= 0.6 is 0 Å². The van der Waals surface area contributed by atoms with Crippen LogP contribution in [0.15, 0.2) is 0 Å². The van der Waals surface area contributed by atoms with Crippen molar-refractivity contribution in [3.8, 4) is 0 Å². The van der Waals surface area contributed by atoms with E-state index in [0.717, 1.165) is 44.3 Å². The van der Waals surface area contributed by atoms with Crippen LogP contribution in [-0.4, -0.2) is 44.2 Å². The van der Waals surface area contributed by atoms with E-state index in [1.165, 1.54) is 0 Å². The van der Waals surface area contributed by atoms with Gasteiger partial charge >= 0.3 is 6.03 Å². The molecule has 1 aliphatic rings. The van der Waals surface area contributed by atoms with Crippen molar-refractivity contribution in [1.29, 1.82) is 0 Å². The molecule has 16 heavy (non-hydrogen) atoms. The Labute approximate surface area is 98.8 Å². The Bertz CT molecular complexity index is 210. The Morgan fingerprint density at radius 3 is 2.44 bits per heavy atom. The van der Waals surface area contributed by atoms with E-state index in [2.05, 4.69) is 24.5 Å². The fraction of sp³-hybridized carbons (Fsp3) is 0.917. The number of nitrogens with zero attached hydrogens (tertiary/aromatic N) is 1. The fourth-order valence-corrected chi connectivity index (χ4v) is 2.18. The molecule has 0 radical (unpaired) electrons. The van der Waals surface area contributed by atoms with Crippen molar-refractivity contribution in [2.24, 2.45) is 11.8 Å². The molecule has 1 heterocycles. The first kappa shape index (κ1) is 13.3. The van der Waals surface area contributed by atoms with E-state index in [1.807, 2.05) is 11.9 Å². The van der Waals surface area contributed by atoms with Gasteiger partial charge in [0.2, 0.25) is 0 Å². The molecule has 2 N–H and O–H groups in total. The molecule has 0 spiro atoms. The summed E-state index contributed by atoms with van der Waals surface area (Å²) in [5.41, 5.74) is 0. The molecule has 94 valence electrons. The van der Waals surface area contributed by atoms with Crippen molar-refractivity contribution < 1.29 is 4.79 Å². The normalized spacial score (nSPS) is 17.9. The Balaban J connectivity index is 2.22. The minimum absolute atomic E-state index is 0.0949. The lowest BCUT2D eigenvalue weighted by Crippen LogP contribution is -2.46. The molecule has 0 aromatic heterocycles. The third-order valence-corrected chi connectivity index (χ3v) is 3.42. The number of likely N-dealkylation sites (tertiary alicyclic amines) is 1. The Morgan fingerprint density at radius 1 is 1.31 bits per heavy atom. The average Bonchev–Trinajstić information content (AvgIpc) is 2.29. The summed E-state index contributed by atoms with van der Waals surface area (Å²) >= 11 is 0. The first-order chi connectivity index (χ1) is 7.65. The standard InChI is InChI=1S/C12H25N3O/c1-10(2)11-4-8-15(9-5-11)12(16)14-7-6-13-3/h10-11,13H,4-9H2,1-3H3,(H,14,16). The fourth-order valence-electron chi connectivity index (χ4n) is 2.18. The molecule has 0 bridgehead atoms. The highest BCUT2D eigenvalue weighted by Gasteiger charge is 2.23. The van der Waals surface area contributed by atoms with Crippen LogP contribution in [0.1, 0.15) is 26.7 Å². The number of nitrogens with one attached hydrogen (secondary N) is 2. The summed E-state index contributed by atoms with van der Waals surface area (Å²) in [6, 6.07) is 0.0949. The number of hydrogen-bond donors (Lipinski definition) is 2. The first-order valence-electron chi connectivity index (χ1n) is 6.32. The maximum absolute atomic E-state index is 11.7. The van der Waals surface area contributed by atoms with E-state index in [1.54, 1.807) is 0 Å². The maximum Gasteiger partial charge on any atom is 0.317 e. The summed E-state index contributed by atoms with van der Waals surface area (Å²) in [5, 5.41) is 5.94. The van der Waals surface area contributed by atoms with Gasteiger partial charge in [-0.15, -0.1) is 0 Å². The van der Waals surface area contributed by atoms with Crippen LogP contribution in [0.5, 0.6) is 0 Å². The molecule has 1 fully saturated rings. The SMILES string of the molecule is CNCCNC(=O)N1CCC(C(C)C)CC1. The summed E-state index contributed by atoms with van der Waals surface area (Å²) in [6.45, 7) is 7.90. The lowest BCUT2D eigenvalue weighted by Gasteiger charge is -2.33. The molecular weight excluding hydrogens is 202 g/mol. The van der Waals surface area contributed by atoms with Crippen LogP contribution in [-0.2, 0) is 0 Å². The van der Waals surface area contributed by atoms with Gasteiger partial charge in [0.25, 0.3) is 0 Å². The number of hydrogen-bond acceptors (Lipinski definition) is 2. The molecule has 0 aliphatic carbocycles. The summed E-state index contributed by atoms with van der Waals surface area (Å²) in [7, 11) is 1.89. The summed E-state index contributed by atoms with van der Waals surface area (Å²) in [6.07, 6.45) is 2.30. The van der Waals surface area contributed by atoms with Gasteiger partial charge in [-0.05, 0) is 31.7 Å². The number of rotatable bonds is 4. The van der Waals surface area contributed by atoms with Crippen molar-refractivity contribution in [3.63, 3.8) is 0 Å². The van der Waals surface area contributed by atoms with E-state index < -0.39 is 0 Å². The number of amides is 2. The van der Waals surface area contributed by atoms with Crippen LogP contribution in [0.25, 0.3) is 0 Å². The van der Waals surface area contributed by atoms with Crippen LogP contribution in [0.3, 0.4) is 0 Å². The van der Waals surface area contributed by atoms with Gasteiger partial charge in [0.1, 0.15) is 0 Å². The van der Waals surface area contributed by atoms with Gasteiger partial charge in [0, 0.05) is 26.2 Å². The van der Waals surface area contributed by atoms with Crippen molar-refractivity contribution in [3.05, 3.63) is 0 Å². The second-order valence-corrected chi connectivity index (χ2v) is 4.90. The predicted octanol–water partition coefficient (Wildman–Crippen LogP) is 1.28. The predicted molar refractivity (Wildman–Crippen MR) is 66.5 cm³/mol. The average molecular weight is 227 g/mol. The highest BCUT2D eigenvalue weighted by Crippen LogP contribution is 2.24. The molecule has 0 atom stereocenters. The summed E-state index contributed by atoms with van der Waals surface area (Å²) in [4.78, 5) is 13.7. The van der Waals surface area contributed by atoms with E-state index >= 15 is 0 Å². The highest BCUT2D eigenvalue weighted by atomic mass is 16.2. The monoisotopic (exact) mass is 227 g/mol. The second-order valence-electron chi connectivity index (χ2n) is 4.90. The van der Waals surface area contributed by atoms with Crippen LogP contribution in [0.4, 0.5) is 4.79 Å². The third-order valence-electron chi connectivity index (χ3n) is 3.42. The largest absolute Gasteiger partial charge is 0.337 e. The van der Waals surface area contributed by atoms with Crippen molar-refractivity contribution >= 4 is 6.03 Å². The summed E-state index contributed by atoms with van der Waals surface area (Å²) < 4.78 is 0. The lowest BCUT2D eigenvalue weighted by molar-refractivity contribution is 0.157. The van der Waals surface area contributed by atoms with E-state index in [-0.39, 0.29) is 6.03 Å². The molecule has 1 aliphatic heterocycles. The van der Waals surface area contributed by atoms with Gasteiger partial charge in [-0.1, -0.05) is 13.8 Å². The number of piperidine rings is 1. The van der Waals surface area contributed by atoms with E-state index in [9.17, 15) is 4.79 Å². The van der Waals surface area contributed by atoms with Crippen LogP contribution in [0.2, 0.25) is 0 Å². The molecule has 4 nitrogen and oxygen atoms in total. The molecule has 1 saturated heterocycles.